The summed E-state index contributed by atoms with van der Waals surface area (Å²) in [6.45, 7) is 5.43. The molecule has 0 saturated heterocycles. The number of hydrogen-bond acceptors (Lipinski definition) is 4. The summed E-state index contributed by atoms with van der Waals surface area (Å²) in [4.78, 5) is 25.0. The van der Waals surface area contributed by atoms with E-state index in [1.807, 2.05) is 0 Å². The van der Waals surface area contributed by atoms with E-state index in [-0.39, 0.29) is 29.3 Å². The first-order chi connectivity index (χ1) is 11.2. The molecule has 2 N–H and O–H groups in total. The fourth-order valence-corrected chi connectivity index (χ4v) is 3.72. The molecule has 132 valence electrons. The van der Waals surface area contributed by atoms with Crippen molar-refractivity contribution < 1.29 is 18.0 Å². The van der Waals surface area contributed by atoms with Crippen LogP contribution in [0.5, 0.6) is 0 Å². The van der Waals surface area contributed by atoms with Crippen molar-refractivity contribution in [1.82, 2.24) is 10.0 Å². The van der Waals surface area contributed by atoms with Crippen LogP contribution in [0.2, 0.25) is 0 Å². The van der Waals surface area contributed by atoms with Crippen molar-refractivity contribution in [2.45, 2.75) is 44.6 Å². The second-order valence-corrected chi connectivity index (χ2v) is 7.88. The van der Waals surface area contributed by atoms with E-state index in [4.69, 9.17) is 0 Å². The van der Waals surface area contributed by atoms with Gasteiger partial charge in [0, 0.05) is 25.2 Å². The Labute approximate surface area is 142 Å². The highest BCUT2D eigenvalue weighted by Crippen LogP contribution is 2.29. The summed E-state index contributed by atoms with van der Waals surface area (Å²) < 4.78 is 27.0. The van der Waals surface area contributed by atoms with Gasteiger partial charge in [-0.3, -0.25) is 9.59 Å². The molecular formula is C16H23N3O4S. The van der Waals surface area contributed by atoms with E-state index >= 15 is 0 Å². The van der Waals surface area contributed by atoms with Crippen molar-refractivity contribution >= 4 is 27.5 Å². The summed E-state index contributed by atoms with van der Waals surface area (Å²) >= 11 is 0. The largest absolute Gasteiger partial charge is 0.353 e. The van der Waals surface area contributed by atoms with Crippen LogP contribution in [0, 0.1) is 0 Å². The van der Waals surface area contributed by atoms with Gasteiger partial charge in [-0.2, -0.15) is 0 Å². The van der Waals surface area contributed by atoms with Crippen molar-refractivity contribution in [3.63, 3.8) is 0 Å². The topological polar surface area (TPSA) is 95.6 Å². The Morgan fingerprint density at radius 1 is 1.29 bits per heavy atom. The van der Waals surface area contributed by atoms with Gasteiger partial charge in [0.25, 0.3) is 0 Å². The smallest absolute Gasteiger partial charge is 0.241 e. The lowest BCUT2D eigenvalue weighted by Crippen LogP contribution is -2.39. The molecule has 0 unspecified atom stereocenters. The van der Waals surface area contributed by atoms with Gasteiger partial charge < -0.3 is 10.2 Å². The summed E-state index contributed by atoms with van der Waals surface area (Å²) in [6, 6.07) is 4.64. The van der Waals surface area contributed by atoms with E-state index in [0.29, 0.717) is 6.54 Å². The van der Waals surface area contributed by atoms with Crippen LogP contribution in [0.25, 0.3) is 0 Å². The van der Waals surface area contributed by atoms with Crippen LogP contribution >= 0.6 is 0 Å². The lowest BCUT2D eigenvalue weighted by molar-refractivity contribution is -0.120. The molecule has 2 rings (SSSR count). The van der Waals surface area contributed by atoms with Gasteiger partial charge in [0.15, 0.2) is 0 Å². The van der Waals surface area contributed by atoms with Crippen LogP contribution in [0.3, 0.4) is 0 Å². The van der Waals surface area contributed by atoms with Gasteiger partial charge in [-0.05, 0) is 50.5 Å². The van der Waals surface area contributed by atoms with Gasteiger partial charge in [0.2, 0.25) is 21.8 Å². The molecular weight excluding hydrogens is 330 g/mol. The maximum Gasteiger partial charge on any atom is 0.241 e. The number of fused-ring (bicyclic) bond motifs is 1. The van der Waals surface area contributed by atoms with Crippen molar-refractivity contribution in [2.75, 3.05) is 18.0 Å². The Balaban J connectivity index is 2.17. The molecule has 1 aromatic carbocycles. The maximum atomic E-state index is 12.4. The third-order valence-electron chi connectivity index (χ3n) is 3.73. The van der Waals surface area contributed by atoms with Crippen molar-refractivity contribution in [3.8, 4) is 0 Å². The van der Waals surface area contributed by atoms with E-state index in [1.54, 1.807) is 30.9 Å². The Bertz CT molecular complexity index is 744. The molecule has 0 radical (unpaired) electrons. The number of nitrogens with zero attached hydrogens (tertiary/aromatic N) is 1. The van der Waals surface area contributed by atoms with Crippen molar-refractivity contribution in [3.05, 3.63) is 23.8 Å². The van der Waals surface area contributed by atoms with Crippen LogP contribution in [0.1, 0.15) is 32.8 Å². The molecule has 0 saturated carbocycles. The number of benzene rings is 1. The molecule has 1 heterocycles. The predicted molar refractivity (Wildman–Crippen MR) is 91.3 cm³/mol. The Morgan fingerprint density at radius 3 is 2.62 bits per heavy atom. The van der Waals surface area contributed by atoms with Crippen LogP contribution in [-0.4, -0.2) is 39.4 Å². The molecule has 1 aromatic rings. The van der Waals surface area contributed by atoms with Gasteiger partial charge in [-0.25, -0.2) is 13.1 Å². The molecule has 24 heavy (non-hydrogen) atoms. The van der Waals surface area contributed by atoms with E-state index in [2.05, 4.69) is 10.0 Å². The summed E-state index contributed by atoms with van der Waals surface area (Å²) in [5, 5.41) is 2.62. The first-order valence-electron chi connectivity index (χ1n) is 7.91. The number of carbonyl (C=O) groups is 2. The van der Waals surface area contributed by atoms with E-state index in [0.717, 1.165) is 24.1 Å². The summed E-state index contributed by atoms with van der Waals surface area (Å²) in [6.07, 6.45) is 1.51. The summed E-state index contributed by atoms with van der Waals surface area (Å²) in [5.41, 5.74) is 1.58. The zero-order valence-corrected chi connectivity index (χ0v) is 14.9. The number of amides is 2. The number of aryl methyl sites for hydroxylation is 1. The Morgan fingerprint density at radius 2 is 2.00 bits per heavy atom. The predicted octanol–water partition coefficient (Wildman–Crippen LogP) is 0.789. The number of carbonyl (C=O) groups excluding carboxylic acids is 2. The highest BCUT2D eigenvalue weighted by molar-refractivity contribution is 7.89. The lowest BCUT2D eigenvalue weighted by Gasteiger charge is -2.28. The minimum absolute atomic E-state index is 0.0525. The van der Waals surface area contributed by atoms with Crippen molar-refractivity contribution in [2.24, 2.45) is 0 Å². The number of anilines is 1. The normalized spacial score (nSPS) is 14.4. The fourth-order valence-electron chi connectivity index (χ4n) is 2.68. The average Bonchev–Trinajstić information content (AvgIpc) is 2.51. The van der Waals surface area contributed by atoms with Gasteiger partial charge in [0.1, 0.15) is 0 Å². The van der Waals surface area contributed by atoms with Crippen LogP contribution in [-0.2, 0) is 26.0 Å². The van der Waals surface area contributed by atoms with Crippen LogP contribution in [0.15, 0.2) is 23.1 Å². The number of nitrogens with one attached hydrogen (secondary N) is 2. The molecule has 0 fully saturated rings. The molecule has 1 aliphatic heterocycles. The Hall–Kier alpha value is -1.93. The minimum atomic E-state index is -3.78. The molecule has 8 heteroatoms. The SMILES string of the molecule is CC(=O)N1CCCc2cc(S(=O)(=O)NCC(=O)NC(C)C)ccc21. The number of sulfonamides is 1. The highest BCUT2D eigenvalue weighted by atomic mass is 32.2. The van der Waals surface area contributed by atoms with E-state index in [1.165, 1.54) is 13.0 Å². The zero-order valence-electron chi connectivity index (χ0n) is 14.1. The zero-order chi connectivity index (χ0) is 17.9. The molecule has 0 atom stereocenters. The van der Waals surface area contributed by atoms with E-state index in [9.17, 15) is 18.0 Å². The first kappa shape index (κ1) is 18.4. The molecule has 0 aliphatic carbocycles. The van der Waals surface area contributed by atoms with Crippen LogP contribution in [0.4, 0.5) is 5.69 Å². The number of rotatable bonds is 5. The minimum Gasteiger partial charge on any atom is -0.353 e. The highest BCUT2D eigenvalue weighted by Gasteiger charge is 2.23. The first-order valence-corrected chi connectivity index (χ1v) is 9.39. The Kier molecular flexibility index (Phi) is 5.61. The van der Waals surface area contributed by atoms with Gasteiger partial charge in [-0.15, -0.1) is 0 Å². The summed E-state index contributed by atoms with van der Waals surface area (Å²) in [7, 11) is -3.78. The third-order valence-corrected chi connectivity index (χ3v) is 5.13. The molecule has 0 aromatic heterocycles. The van der Waals surface area contributed by atoms with Gasteiger partial charge >= 0.3 is 0 Å². The molecule has 1 aliphatic rings. The molecule has 0 spiro atoms. The lowest BCUT2D eigenvalue weighted by atomic mass is 10.0. The quantitative estimate of drug-likeness (QED) is 0.818. The second kappa shape index (κ2) is 7.31. The summed E-state index contributed by atoms with van der Waals surface area (Å²) in [5.74, 6) is -0.440. The standard InChI is InChI=1S/C16H23N3O4S/c1-11(2)18-16(21)10-17-24(22,23)14-6-7-15-13(9-14)5-4-8-19(15)12(3)20/h6-7,9,11,17H,4-5,8,10H2,1-3H3,(H,18,21). The van der Waals surface area contributed by atoms with Gasteiger partial charge in [0.05, 0.1) is 11.4 Å². The molecule has 2 amide bonds. The van der Waals surface area contributed by atoms with Gasteiger partial charge in [-0.1, -0.05) is 0 Å². The molecule has 0 bridgehead atoms. The maximum absolute atomic E-state index is 12.4. The van der Waals surface area contributed by atoms with E-state index < -0.39 is 10.0 Å². The fraction of sp³-hybridized carbons (Fsp3) is 0.500. The van der Waals surface area contributed by atoms with Crippen LogP contribution < -0.4 is 14.9 Å². The molecule has 7 nitrogen and oxygen atoms in total. The van der Waals surface area contributed by atoms with Crippen molar-refractivity contribution in [1.29, 1.82) is 0 Å². The average molecular weight is 353 g/mol. The third kappa shape index (κ3) is 4.33. The number of hydrogen-bond donors (Lipinski definition) is 2. The monoisotopic (exact) mass is 353 g/mol. The second-order valence-electron chi connectivity index (χ2n) is 6.11.